The van der Waals surface area contributed by atoms with Gasteiger partial charge in [0.2, 0.25) is 6.41 Å². The molecule has 1 saturated heterocycles. The molecule has 0 atom stereocenters. The van der Waals surface area contributed by atoms with E-state index in [4.69, 9.17) is 0 Å². The first-order valence-electron chi connectivity index (χ1n) is 5.60. The minimum atomic E-state index is -0.109. The van der Waals surface area contributed by atoms with Crippen LogP contribution in [0, 0.1) is 0 Å². The highest BCUT2D eigenvalue weighted by Crippen LogP contribution is 2.08. The lowest BCUT2D eigenvalue weighted by atomic mass is 10.3. The fraction of sp³-hybridized carbons (Fsp3) is 0.333. The van der Waals surface area contributed by atoms with Crippen LogP contribution >= 0.6 is 0 Å². The van der Waals surface area contributed by atoms with Gasteiger partial charge >= 0.3 is 6.03 Å². The molecule has 1 aromatic carbocycles. The van der Waals surface area contributed by atoms with Crippen molar-refractivity contribution in [3.05, 3.63) is 30.3 Å². The van der Waals surface area contributed by atoms with Crippen LogP contribution in [-0.4, -0.2) is 48.4 Å². The van der Waals surface area contributed by atoms with E-state index in [1.807, 2.05) is 30.3 Å². The molecule has 0 saturated carbocycles. The van der Waals surface area contributed by atoms with Crippen molar-refractivity contribution in [1.29, 1.82) is 0 Å². The maximum absolute atomic E-state index is 11.9. The number of amides is 3. The van der Waals surface area contributed by atoms with Gasteiger partial charge < -0.3 is 15.1 Å². The Morgan fingerprint density at radius 2 is 1.76 bits per heavy atom. The minimum absolute atomic E-state index is 0.109. The van der Waals surface area contributed by atoms with Gasteiger partial charge in [-0.15, -0.1) is 0 Å². The highest BCUT2D eigenvalue weighted by molar-refractivity contribution is 5.89. The van der Waals surface area contributed by atoms with Crippen LogP contribution in [0.1, 0.15) is 0 Å². The Bertz CT molecular complexity index is 386. The topological polar surface area (TPSA) is 52.7 Å². The van der Waals surface area contributed by atoms with E-state index in [0.29, 0.717) is 26.2 Å². The van der Waals surface area contributed by atoms with E-state index in [9.17, 15) is 9.59 Å². The highest BCUT2D eigenvalue weighted by Gasteiger charge is 2.19. The van der Waals surface area contributed by atoms with Crippen LogP contribution in [0.15, 0.2) is 30.3 Å². The van der Waals surface area contributed by atoms with Gasteiger partial charge in [-0.2, -0.15) is 0 Å². The van der Waals surface area contributed by atoms with Crippen molar-refractivity contribution < 1.29 is 9.59 Å². The van der Waals surface area contributed by atoms with Crippen molar-refractivity contribution >= 4 is 18.1 Å². The minimum Gasteiger partial charge on any atom is -0.342 e. The Hall–Kier alpha value is -2.04. The predicted molar refractivity (Wildman–Crippen MR) is 64.7 cm³/mol. The molecule has 1 aliphatic heterocycles. The van der Waals surface area contributed by atoms with Crippen molar-refractivity contribution in [2.45, 2.75) is 0 Å². The zero-order valence-electron chi connectivity index (χ0n) is 9.50. The predicted octanol–water partition coefficient (Wildman–Crippen LogP) is 0.992. The van der Waals surface area contributed by atoms with Crippen LogP contribution in [0.3, 0.4) is 0 Å². The molecule has 0 bridgehead atoms. The van der Waals surface area contributed by atoms with Crippen LogP contribution < -0.4 is 5.32 Å². The first kappa shape index (κ1) is 11.4. The van der Waals surface area contributed by atoms with E-state index >= 15 is 0 Å². The summed E-state index contributed by atoms with van der Waals surface area (Å²) in [6.45, 7) is 2.37. The summed E-state index contributed by atoms with van der Waals surface area (Å²) in [5.41, 5.74) is 0.787. The zero-order valence-corrected chi connectivity index (χ0v) is 9.50. The summed E-state index contributed by atoms with van der Waals surface area (Å²) in [7, 11) is 0. The van der Waals surface area contributed by atoms with Gasteiger partial charge in [-0.25, -0.2) is 4.79 Å². The van der Waals surface area contributed by atoms with E-state index in [1.165, 1.54) is 0 Å². The monoisotopic (exact) mass is 233 g/mol. The van der Waals surface area contributed by atoms with Gasteiger partial charge in [0.1, 0.15) is 0 Å². The second-order valence-corrected chi connectivity index (χ2v) is 3.92. The molecule has 0 unspecified atom stereocenters. The zero-order chi connectivity index (χ0) is 12.1. The molecule has 0 aliphatic carbocycles. The number of rotatable bonds is 2. The first-order chi connectivity index (χ1) is 8.29. The summed E-state index contributed by atoms with van der Waals surface area (Å²) in [4.78, 5) is 25.8. The summed E-state index contributed by atoms with van der Waals surface area (Å²) in [6, 6.07) is 9.24. The molecule has 2 rings (SSSR count). The van der Waals surface area contributed by atoms with Gasteiger partial charge in [-0.05, 0) is 12.1 Å². The number of piperazine rings is 1. The fourth-order valence-electron chi connectivity index (χ4n) is 1.75. The molecule has 1 aromatic rings. The molecular weight excluding hydrogens is 218 g/mol. The Kier molecular flexibility index (Phi) is 3.59. The number of carbonyl (C=O) groups excluding carboxylic acids is 2. The Morgan fingerprint density at radius 3 is 2.35 bits per heavy atom. The van der Waals surface area contributed by atoms with Crippen molar-refractivity contribution in [1.82, 2.24) is 9.80 Å². The second kappa shape index (κ2) is 5.34. The Morgan fingerprint density at radius 1 is 1.12 bits per heavy atom. The quantitative estimate of drug-likeness (QED) is 0.774. The van der Waals surface area contributed by atoms with E-state index in [2.05, 4.69) is 5.32 Å². The number of carbonyl (C=O) groups is 2. The molecule has 5 nitrogen and oxygen atoms in total. The lowest BCUT2D eigenvalue weighted by molar-refractivity contribution is -0.119. The van der Waals surface area contributed by atoms with Crippen LogP contribution in [0.2, 0.25) is 0 Å². The molecule has 1 fully saturated rings. The van der Waals surface area contributed by atoms with Gasteiger partial charge in [-0.1, -0.05) is 18.2 Å². The maximum atomic E-state index is 11.9. The number of nitrogens with zero attached hydrogens (tertiary/aromatic N) is 2. The van der Waals surface area contributed by atoms with Crippen LogP contribution in [0.5, 0.6) is 0 Å². The summed E-state index contributed by atoms with van der Waals surface area (Å²) in [5.74, 6) is 0. The van der Waals surface area contributed by atoms with E-state index < -0.39 is 0 Å². The number of urea groups is 1. The molecular formula is C12H15N3O2. The molecule has 17 heavy (non-hydrogen) atoms. The first-order valence-corrected chi connectivity index (χ1v) is 5.60. The lowest BCUT2D eigenvalue weighted by Crippen LogP contribution is -2.49. The van der Waals surface area contributed by atoms with Crippen LogP contribution in [0.4, 0.5) is 10.5 Å². The number of hydrogen-bond acceptors (Lipinski definition) is 2. The summed E-state index contributed by atoms with van der Waals surface area (Å²) >= 11 is 0. The average Bonchev–Trinajstić information content (AvgIpc) is 2.40. The van der Waals surface area contributed by atoms with Crippen LogP contribution in [-0.2, 0) is 4.79 Å². The molecule has 0 aromatic heterocycles. The standard InChI is InChI=1S/C12H15N3O2/c16-10-14-6-8-15(9-7-14)12(17)13-11-4-2-1-3-5-11/h1-5,10H,6-9H2,(H,13,17). The normalized spacial score (nSPS) is 15.5. The molecule has 0 spiro atoms. The third-order valence-electron chi connectivity index (χ3n) is 2.78. The van der Waals surface area contributed by atoms with Gasteiger partial charge in [0.15, 0.2) is 0 Å². The van der Waals surface area contributed by atoms with Crippen molar-refractivity contribution in [2.24, 2.45) is 0 Å². The molecule has 1 N–H and O–H groups in total. The Balaban J connectivity index is 1.87. The van der Waals surface area contributed by atoms with Crippen molar-refractivity contribution in [3.63, 3.8) is 0 Å². The number of anilines is 1. The molecule has 1 aliphatic rings. The average molecular weight is 233 g/mol. The lowest BCUT2D eigenvalue weighted by Gasteiger charge is -2.32. The van der Waals surface area contributed by atoms with E-state index in [-0.39, 0.29) is 6.03 Å². The molecule has 90 valence electrons. The fourth-order valence-corrected chi connectivity index (χ4v) is 1.75. The van der Waals surface area contributed by atoms with Gasteiger partial charge in [0.05, 0.1) is 0 Å². The molecule has 3 amide bonds. The number of para-hydroxylation sites is 1. The van der Waals surface area contributed by atoms with Gasteiger partial charge in [-0.3, -0.25) is 4.79 Å². The SMILES string of the molecule is O=CN1CCN(C(=O)Nc2ccccc2)CC1. The third kappa shape index (κ3) is 2.96. The second-order valence-electron chi connectivity index (χ2n) is 3.92. The molecule has 0 radical (unpaired) electrons. The number of benzene rings is 1. The summed E-state index contributed by atoms with van der Waals surface area (Å²) in [6.07, 6.45) is 0.826. The molecule has 5 heteroatoms. The maximum Gasteiger partial charge on any atom is 0.321 e. The smallest absolute Gasteiger partial charge is 0.321 e. The third-order valence-corrected chi connectivity index (χ3v) is 2.78. The number of hydrogen-bond donors (Lipinski definition) is 1. The van der Waals surface area contributed by atoms with Gasteiger partial charge in [0, 0.05) is 31.9 Å². The van der Waals surface area contributed by atoms with E-state index in [1.54, 1.807) is 9.80 Å². The van der Waals surface area contributed by atoms with E-state index in [0.717, 1.165) is 12.1 Å². The Labute approximate surface area is 100 Å². The van der Waals surface area contributed by atoms with Gasteiger partial charge in [0.25, 0.3) is 0 Å². The summed E-state index contributed by atoms with van der Waals surface area (Å²) in [5, 5.41) is 2.82. The summed E-state index contributed by atoms with van der Waals surface area (Å²) < 4.78 is 0. The molecule has 1 heterocycles. The number of nitrogens with one attached hydrogen (secondary N) is 1. The largest absolute Gasteiger partial charge is 0.342 e. The highest BCUT2D eigenvalue weighted by atomic mass is 16.2. The van der Waals surface area contributed by atoms with Crippen LogP contribution in [0.25, 0.3) is 0 Å². The van der Waals surface area contributed by atoms with Crippen molar-refractivity contribution in [3.8, 4) is 0 Å². The van der Waals surface area contributed by atoms with Crippen molar-refractivity contribution in [2.75, 3.05) is 31.5 Å².